The highest BCUT2D eigenvalue weighted by atomic mass is 16.5. The van der Waals surface area contributed by atoms with Crippen LogP contribution < -0.4 is 4.74 Å². The Balaban J connectivity index is 0.000000441. The molecule has 0 aliphatic heterocycles. The first-order chi connectivity index (χ1) is 11.3. The Labute approximate surface area is 138 Å². The second-order valence-electron chi connectivity index (χ2n) is 4.64. The predicted octanol–water partition coefficient (Wildman–Crippen LogP) is -1.78. The van der Waals surface area contributed by atoms with Crippen LogP contribution in [-0.2, 0) is 4.79 Å². The lowest BCUT2D eigenvalue weighted by atomic mass is 10.0. The van der Waals surface area contributed by atoms with Crippen molar-refractivity contribution in [1.82, 2.24) is 0 Å². The molecule has 0 saturated heterocycles. The van der Waals surface area contributed by atoms with Gasteiger partial charge >= 0.3 is 0 Å². The smallest absolute Gasteiger partial charge is 0.161 e. The van der Waals surface area contributed by atoms with Gasteiger partial charge in [0.25, 0.3) is 0 Å². The van der Waals surface area contributed by atoms with Crippen LogP contribution in [0.15, 0.2) is 18.2 Å². The number of carbonyl (C=O) groups excluding carboxylic acids is 2. The van der Waals surface area contributed by atoms with E-state index in [1.54, 1.807) is 0 Å². The average Bonchev–Trinajstić information content (AvgIpc) is 2.61. The van der Waals surface area contributed by atoms with Crippen molar-refractivity contribution in [3.63, 3.8) is 0 Å². The topological polar surface area (TPSA) is 165 Å². The van der Waals surface area contributed by atoms with Crippen LogP contribution in [0.25, 0.3) is 0 Å². The van der Waals surface area contributed by atoms with E-state index in [9.17, 15) is 14.7 Å². The van der Waals surface area contributed by atoms with E-state index < -0.39 is 31.0 Å². The SMILES string of the molecule is CCOc1cc(C=O)ccc1O.O=CC(O)C(O)C(O)C(O)CO. The molecule has 0 fully saturated rings. The molecule has 9 nitrogen and oxygen atoms in total. The number of hydrogen-bond donors (Lipinski definition) is 6. The second-order valence-corrected chi connectivity index (χ2v) is 4.64. The van der Waals surface area contributed by atoms with Crippen molar-refractivity contribution >= 4 is 12.6 Å². The fourth-order valence-corrected chi connectivity index (χ4v) is 1.49. The molecule has 1 aromatic carbocycles. The molecule has 0 radical (unpaired) electrons. The summed E-state index contributed by atoms with van der Waals surface area (Å²) in [5, 5.41) is 52.8. The van der Waals surface area contributed by atoms with Crippen LogP contribution >= 0.6 is 0 Å². The highest BCUT2D eigenvalue weighted by Gasteiger charge is 2.29. The summed E-state index contributed by atoms with van der Waals surface area (Å²) in [7, 11) is 0. The van der Waals surface area contributed by atoms with Gasteiger partial charge in [0.05, 0.1) is 13.2 Å². The number of carbonyl (C=O) groups is 2. The van der Waals surface area contributed by atoms with Gasteiger partial charge in [0.1, 0.15) is 30.7 Å². The van der Waals surface area contributed by atoms with Crippen molar-refractivity contribution in [2.75, 3.05) is 13.2 Å². The van der Waals surface area contributed by atoms with Crippen LogP contribution in [0.1, 0.15) is 17.3 Å². The highest BCUT2D eigenvalue weighted by Crippen LogP contribution is 2.25. The molecule has 0 aromatic heterocycles. The third-order valence-corrected chi connectivity index (χ3v) is 2.84. The van der Waals surface area contributed by atoms with Crippen LogP contribution in [-0.4, -0.2) is 80.8 Å². The second kappa shape index (κ2) is 11.5. The van der Waals surface area contributed by atoms with Gasteiger partial charge < -0.3 is 40.2 Å². The Morgan fingerprint density at radius 3 is 2.21 bits per heavy atom. The number of rotatable bonds is 8. The number of benzene rings is 1. The molecule has 4 unspecified atom stereocenters. The van der Waals surface area contributed by atoms with Gasteiger partial charge in [0.15, 0.2) is 17.8 Å². The van der Waals surface area contributed by atoms with Gasteiger partial charge in [0.2, 0.25) is 0 Å². The summed E-state index contributed by atoms with van der Waals surface area (Å²) >= 11 is 0. The van der Waals surface area contributed by atoms with Crippen LogP contribution in [0, 0.1) is 0 Å². The number of aromatic hydroxyl groups is 1. The molecule has 1 rings (SSSR count). The van der Waals surface area contributed by atoms with Gasteiger partial charge in [-0.2, -0.15) is 0 Å². The number of phenolic OH excluding ortho intramolecular Hbond substituents is 1. The zero-order valence-electron chi connectivity index (χ0n) is 13.0. The van der Waals surface area contributed by atoms with Gasteiger partial charge in [-0.3, -0.25) is 4.79 Å². The number of hydrogen-bond acceptors (Lipinski definition) is 9. The van der Waals surface area contributed by atoms with E-state index >= 15 is 0 Å². The molecule has 0 aliphatic rings. The number of ether oxygens (including phenoxy) is 1. The summed E-state index contributed by atoms with van der Waals surface area (Å²) in [6.45, 7) is 1.52. The predicted molar refractivity (Wildman–Crippen MR) is 81.8 cm³/mol. The number of aliphatic hydroxyl groups is 5. The third kappa shape index (κ3) is 7.02. The molecular weight excluding hydrogens is 324 g/mol. The van der Waals surface area contributed by atoms with Gasteiger partial charge in [-0.25, -0.2) is 0 Å². The number of aldehydes is 2. The average molecular weight is 346 g/mol. The lowest BCUT2D eigenvalue weighted by Gasteiger charge is -2.22. The van der Waals surface area contributed by atoms with Gasteiger partial charge in [0, 0.05) is 5.56 Å². The molecule has 9 heteroatoms. The first-order valence-electron chi connectivity index (χ1n) is 7.01. The minimum Gasteiger partial charge on any atom is -0.504 e. The maximum Gasteiger partial charge on any atom is 0.161 e. The van der Waals surface area contributed by atoms with E-state index in [4.69, 9.17) is 30.3 Å². The Hall–Kier alpha value is -2.04. The van der Waals surface area contributed by atoms with Gasteiger partial charge in [-0.05, 0) is 25.1 Å². The van der Waals surface area contributed by atoms with E-state index in [2.05, 4.69) is 0 Å². The lowest BCUT2D eigenvalue weighted by Crippen LogP contribution is -2.46. The third-order valence-electron chi connectivity index (χ3n) is 2.84. The van der Waals surface area contributed by atoms with Crippen molar-refractivity contribution in [3.8, 4) is 11.5 Å². The normalized spacial score (nSPS) is 15.2. The molecule has 0 saturated carbocycles. The first kappa shape index (κ1) is 22.0. The summed E-state index contributed by atoms with van der Waals surface area (Å²) in [4.78, 5) is 20.2. The van der Waals surface area contributed by atoms with E-state index in [1.165, 1.54) is 18.2 Å². The van der Waals surface area contributed by atoms with Crippen LogP contribution in [0.3, 0.4) is 0 Å². The molecule has 0 amide bonds. The van der Waals surface area contributed by atoms with Crippen LogP contribution in [0.4, 0.5) is 0 Å². The maximum atomic E-state index is 10.3. The fraction of sp³-hybridized carbons (Fsp3) is 0.467. The van der Waals surface area contributed by atoms with Gasteiger partial charge in [-0.15, -0.1) is 0 Å². The molecule has 6 N–H and O–H groups in total. The van der Waals surface area contributed by atoms with Crippen LogP contribution in [0.2, 0.25) is 0 Å². The van der Waals surface area contributed by atoms with Crippen molar-refractivity contribution in [3.05, 3.63) is 23.8 Å². The number of phenols is 1. The molecule has 0 aliphatic carbocycles. The molecule has 1 aromatic rings. The van der Waals surface area contributed by atoms with Gasteiger partial charge in [-0.1, -0.05) is 0 Å². The lowest BCUT2D eigenvalue weighted by molar-refractivity contribution is -0.136. The monoisotopic (exact) mass is 346 g/mol. The van der Waals surface area contributed by atoms with Crippen LogP contribution in [0.5, 0.6) is 11.5 Å². The van der Waals surface area contributed by atoms with Crippen molar-refractivity contribution in [2.24, 2.45) is 0 Å². The van der Waals surface area contributed by atoms with E-state index in [0.29, 0.717) is 24.2 Å². The summed E-state index contributed by atoms with van der Waals surface area (Å²) in [5.41, 5.74) is 0.497. The zero-order chi connectivity index (χ0) is 18.7. The molecule has 4 atom stereocenters. The summed E-state index contributed by atoms with van der Waals surface area (Å²) in [6, 6.07) is 4.48. The molecule has 136 valence electrons. The maximum absolute atomic E-state index is 10.3. The largest absolute Gasteiger partial charge is 0.504 e. The Morgan fingerprint density at radius 2 is 1.75 bits per heavy atom. The minimum atomic E-state index is -1.79. The van der Waals surface area contributed by atoms with Crippen molar-refractivity contribution in [2.45, 2.75) is 31.3 Å². The Kier molecular flexibility index (Phi) is 10.5. The summed E-state index contributed by atoms with van der Waals surface area (Å²) in [6.07, 6.45) is -6.13. The molecule has 0 heterocycles. The molecule has 0 bridgehead atoms. The fourth-order valence-electron chi connectivity index (χ4n) is 1.49. The first-order valence-corrected chi connectivity index (χ1v) is 7.01. The standard InChI is InChI=1S/C9H10O3.C6H12O6/c1-2-12-9-5-7(6-10)3-4-8(9)11;7-1-3(9)5(11)6(12)4(10)2-8/h3-6,11H,2H2,1H3;1,3-6,8-12H,2H2. The quantitative estimate of drug-likeness (QED) is 0.299. The van der Waals surface area contributed by atoms with E-state index in [1.807, 2.05) is 6.92 Å². The molecule has 0 spiro atoms. The molecular formula is C15H22O9. The number of aliphatic hydroxyl groups excluding tert-OH is 5. The minimum absolute atomic E-state index is 0.0258. The highest BCUT2D eigenvalue weighted by molar-refractivity contribution is 5.76. The van der Waals surface area contributed by atoms with Crippen molar-refractivity contribution < 1.29 is 45.0 Å². The summed E-state index contributed by atoms with van der Waals surface area (Å²) in [5.74, 6) is 0.407. The Morgan fingerprint density at radius 1 is 1.12 bits per heavy atom. The Bertz CT molecular complexity index is 506. The van der Waals surface area contributed by atoms with E-state index in [0.717, 1.165) is 0 Å². The summed E-state index contributed by atoms with van der Waals surface area (Å²) < 4.78 is 5.07. The van der Waals surface area contributed by atoms with Crippen molar-refractivity contribution in [1.29, 1.82) is 0 Å². The zero-order valence-corrected chi connectivity index (χ0v) is 13.0. The van der Waals surface area contributed by atoms with E-state index in [-0.39, 0.29) is 12.0 Å². The molecule has 24 heavy (non-hydrogen) atoms.